The van der Waals surface area contributed by atoms with E-state index < -0.39 is 0 Å². The maximum Gasteiger partial charge on any atom is 0.112 e. The topological polar surface area (TPSA) is 24.7 Å². The average molecular weight is 310 g/mol. The molecule has 116 valence electrons. The van der Waals surface area contributed by atoms with Crippen LogP contribution in [0.1, 0.15) is 24.5 Å². The third-order valence-electron chi connectivity index (χ3n) is 5.19. The Labute approximate surface area is 142 Å². The lowest BCUT2D eigenvalue weighted by Gasteiger charge is -2.26. The van der Waals surface area contributed by atoms with Gasteiger partial charge in [0, 0.05) is 17.5 Å². The Morgan fingerprint density at radius 1 is 0.750 bits per heavy atom. The van der Waals surface area contributed by atoms with Crippen LogP contribution in [0.25, 0.3) is 0 Å². The predicted octanol–water partition coefficient (Wildman–Crippen LogP) is 4.38. The predicted molar refractivity (Wildman–Crippen MR) is 98.9 cm³/mol. The molecule has 2 aliphatic carbocycles. The molecule has 1 aliphatic heterocycles. The maximum absolute atomic E-state index is 5.24. The normalized spacial score (nSPS) is 29.8. The van der Waals surface area contributed by atoms with Gasteiger partial charge < -0.3 is 0 Å². The molecule has 3 aliphatic rings. The molecule has 2 aromatic carbocycles. The SMILES string of the molecule is CC1=CC23CC2(C=C1)N=C(c1ccccc1)C(c1ccccc1)=N3. The van der Waals surface area contributed by atoms with Gasteiger partial charge in [0.25, 0.3) is 0 Å². The van der Waals surface area contributed by atoms with E-state index in [4.69, 9.17) is 9.98 Å². The molecule has 0 N–H and O–H groups in total. The zero-order valence-corrected chi connectivity index (χ0v) is 13.6. The summed E-state index contributed by atoms with van der Waals surface area (Å²) in [6.07, 6.45) is 7.69. The Kier molecular flexibility index (Phi) is 2.64. The minimum atomic E-state index is -0.171. The molecule has 0 aromatic heterocycles. The highest BCUT2D eigenvalue weighted by molar-refractivity contribution is 6.54. The van der Waals surface area contributed by atoms with Gasteiger partial charge in [-0.2, -0.15) is 0 Å². The summed E-state index contributed by atoms with van der Waals surface area (Å²) in [4.78, 5) is 10.5. The fourth-order valence-electron chi connectivity index (χ4n) is 3.88. The summed E-state index contributed by atoms with van der Waals surface area (Å²) in [5.41, 5.74) is 5.22. The summed E-state index contributed by atoms with van der Waals surface area (Å²) in [6.45, 7) is 2.14. The van der Waals surface area contributed by atoms with Crippen molar-refractivity contribution in [1.29, 1.82) is 0 Å². The lowest BCUT2D eigenvalue weighted by molar-refractivity contribution is 0.692. The lowest BCUT2D eigenvalue weighted by Crippen LogP contribution is -2.33. The summed E-state index contributed by atoms with van der Waals surface area (Å²) in [6, 6.07) is 20.8. The van der Waals surface area contributed by atoms with Gasteiger partial charge in [-0.15, -0.1) is 0 Å². The van der Waals surface area contributed by atoms with Crippen LogP contribution in [0.4, 0.5) is 0 Å². The zero-order valence-electron chi connectivity index (χ0n) is 13.6. The Balaban J connectivity index is 1.72. The average Bonchev–Trinajstić information content (AvgIpc) is 3.30. The molecular weight excluding hydrogens is 292 g/mol. The van der Waals surface area contributed by atoms with E-state index >= 15 is 0 Å². The summed E-state index contributed by atoms with van der Waals surface area (Å²) in [7, 11) is 0. The maximum atomic E-state index is 5.24. The van der Waals surface area contributed by atoms with Gasteiger partial charge in [-0.1, -0.05) is 84.5 Å². The molecule has 2 atom stereocenters. The molecule has 2 aromatic rings. The molecule has 2 heteroatoms. The Morgan fingerprint density at radius 2 is 1.29 bits per heavy atom. The second-order valence-corrected chi connectivity index (χ2v) is 6.90. The molecule has 2 unspecified atom stereocenters. The van der Waals surface area contributed by atoms with Crippen molar-refractivity contribution in [2.75, 3.05) is 0 Å². The van der Waals surface area contributed by atoms with Gasteiger partial charge in [-0.25, -0.2) is 0 Å². The minimum Gasteiger partial charge on any atom is -0.269 e. The number of rotatable bonds is 2. The van der Waals surface area contributed by atoms with E-state index in [1.807, 2.05) is 12.1 Å². The molecule has 1 saturated carbocycles. The fraction of sp³-hybridized carbons (Fsp3) is 0.182. The molecule has 2 nitrogen and oxygen atoms in total. The van der Waals surface area contributed by atoms with Gasteiger partial charge in [0.05, 0.1) is 11.4 Å². The molecule has 0 bridgehead atoms. The number of hydrogen-bond acceptors (Lipinski definition) is 2. The lowest BCUT2D eigenvalue weighted by atomic mass is 9.92. The molecule has 0 radical (unpaired) electrons. The van der Waals surface area contributed by atoms with E-state index in [0.717, 1.165) is 29.0 Å². The molecule has 1 fully saturated rings. The van der Waals surface area contributed by atoms with E-state index in [1.54, 1.807) is 0 Å². The number of benzene rings is 2. The van der Waals surface area contributed by atoms with Gasteiger partial charge >= 0.3 is 0 Å². The minimum absolute atomic E-state index is 0.171. The first kappa shape index (κ1) is 13.7. The standard InChI is InChI=1S/C22H18N2/c1-16-12-13-21-15-22(21,14-16)24-20(18-10-6-3-7-11-18)19(23-21)17-8-4-2-5-9-17/h2-14H,15H2,1H3. The van der Waals surface area contributed by atoms with E-state index in [0.29, 0.717) is 0 Å². The first-order valence-corrected chi connectivity index (χ1v) is 8.41. The Bertz CT molecular complexity index is 934. The van der Waals surface area contributed by atoms with Crippen LogP contribution in [-0.2, 0) is 0 Å². The monoisotopic (exact) mass is 310 g/mol. The highest BCUT2D eigenvalue weighted by atomic mass is 15.2. The Hall–Kier alpha value is -2.74. The van der Waals surface area contributed by atoms with Crippen molar-refractivity contribution in [2.24, 2.45) is 9.98 Å². The van der Waals surface area contributed by atoms with Gasteiger partial charge in [0.1, 0.15) is 11.1 Å². The van der Waals surface area contributed by atoms with E-state index in [1.165, 1.54) is 5.57 Å². The Morgan fingerprint density at radius 3 is 1.88 bits per heavy atom. The van der Waals surface area contributed by atoms with Crippen molar-refractivity contribution < 1.29 is 0 Å². The van der Waals surface area contributed by atoms with Crippen LogP contribution < -0.4 is 0 Å². The van der Waals surface area contributed by atoms with E-state index in [-0.39, 0.29) is 11.1 Å². The molecular formula is C22H18N2. The molecule has 24 heavy (non-hydrogen) atoms. The van der Waals surface area contributed by atoms with Gasteiger partial charge in [-0.05, 0) is 6.92 Å². The van der Waals surface area contributed by atoms with Crippen molar-refractivity contribution >= 4 is 11.4 Å². The van der Waals surface area contributed by atoms with Crippen LogP contribution in [0, 0.1) is 0 Å². The summed E-state index contributed by atoms with van der Waals surface area (Å²) < 4.78 is 0. The second kappa shape index (κ2) is 4.64. The van der Waals surface area contributed by atoms with E-state index in [9.17, 15) is 0 Å². The fourth-order valence-corrected chi connectivity index (χ4v) is 3.88. The number of aliphatic imine (C=N–C) groups is 2. The number of nitrogens with zero attached hydrogens (tertiary/aromatic N) is 2. The van der Waals surface area contributed by atoms with Crippen LogP contribution >= 0.6 is 0 Å². The van der Waals surface area contributed by atoms with Crippen molar-refractivity contribution in [1.82, 2.24) is 0 Å². The second-order valence-electron chi connectivity index (χ2n) is 6.90. The zero-order chi connectivity index (χ0) is 16.2. The summed E-state index contributed by atoms with van der Waals surface area (Å²) >= 11 is 0. The highest BCUT2D eigenvalue weighted by Crippen LogP contribution is 2.60. The van der Waals surface area contributed by atoms with Crippen molar-refractivity contribution in [2.45, 2.75) is 24.4 Å². The summed E-state index contributed by atoms with van der Waals surface area (Å²) in [5, 5.41) is 0. The van der Waals surface area contributed by atoms with Gasteiger partial charge in [0.2, 0.25) is 0 Å². The quantitative estimate of drug-likeness (QED) is 0.786. The van der Waals surface area contributed by atoms with Gasteiger partial charge in [0.15, 0.2) is 0 Å². The highest BCUT2D eigenvalue weighted by Gasteiger charge is 2.68. The molecule has 1 heterocycles. The summed E-state index contributed by atoms with van der Waals surface area (Å²) in [5.74, 6) is 0. The van der Waals surface area contributed by atoms with Crippen molar-refractivity contribution in [3.05, 3.63) is 95.6 Å². The third kappa shape index (κ3) is 1.83. The van der Waals surface area contributed by atoms with Crippen molar-refractivity contribution in [3.8, 4) is 0 Å². The van der Waals surface area contributed by atoms with Crippen molar-refractivity contribution in [3.63, 3.8) is 0 Å². The van der Waals surface area contributed by atoms with Crippen LogP contribution in [0.15, 0.2) is 94.4 Å². The first-order valence-electron chi connectivity index (χ1n) is 8.41. The number of allylic oxidation sites excluding steroid dienone is 2. The molecule has 0 amide bonds. The van der Waals surface area contributed by atoms with Crippen LogP contribution in [-0.4, -0.2) is 22.5 Å². The molecule has 5 rings (SSSR count). The molecule has 0 spiro atoms. The van der Waals surface area contributed by atoms with Crippen LogP contribution in [0.2, 0.25) is 0 Å². The third-order valence-corrected chi connectivity index (χ3v) is 5.19. The van der Waals surface area contributed by atoms with Gasteiger partial charge in [-0.3, -0.25) is 9.98 Å². The molecule has 0 saturated heterocycles. The first-order chi connectivity index (χ1) is 11.7. The smallest absolute Gasteiger partial charge is 0.112 e. The number of hydrogen-bond donors (Lipinski definition) is 0. The van der Waals surface area contributed by atoms with Crippen LogP contribution in [0.5, 0.6) is 0 Å². The van der Waals surface area contributed by atoms with Crippen LogP contribution in [0.3, 0.4) is 0 Å². The van der Waals surface area contributed by atoms with E-state index in [2.05, 4.69) is 73.7 Å². The largest absolute Gasteiger partial charge is 0.269 e.